The lowest BCUT2D eigenvalue weighted by molar-refractivity contribution is -0.862. The second-order valence-electron chi connectivity index (χ2n) is 9.29. The molecule has 0 aromatic heterocycles. The summed E-state index contributed by atoms with van der Waals surface area (Å²) < 4.78 is -0.701. The predicted octanol–water partition coefficient (Wildman–Crippen LogP) is 4.91. The maximum Gasteiger partial charge on any atom is 0.446 e. The van der Waals surface area contributed by atoms with Crippen LogP contribution in [-0.2, 0) is 4.79 Å². The summed E-state index contributed by atoms with van der Waals surface area (Å²) in [5.41, 5.74) is 7.98. The molecule has 0 bridgehead atoms. The Morgan fingerprint density at radius 3 is 2.68 bits per heavy atom. The van der Waals surface area contributed by atoms with Crippen molar-refractivity contribution in [1.82, 2.24) is 9.91 Å². The third kappa shape index (κ3) is 3.28. The van der Waals surface area contributed by atoms with Crippen LogP contribution in [0.25, 0.3) is 5.57 Å². The predicted molar refractivity (Wildman–Crippen MR) is 122 cm³/mol. The highest BCUT2D eigenvalue weighted by molar-refractivity contribution is 6.44. The Kier molecular flexibility index (Phi) is 5.23. The van der Waals surface area contributed by atoms with Gasteiger partial charge in [-0.25, -0.2) is 9.59 Å². The van der Waals surface area contributed by atoms with Crippen molar-refractivity contribution in [1.29, 1.82) is 0 Å². The quantitative estimate of drug-likeness (QED) is 0.501. The van der Waals surface area contributed by atoms with Gasteiger partial charge in [0.05, 0.1) is 23.1 Å². The number of benzene rings is 1. The Bertz CT molecular complexity index is 1080. The fourth-order valence-electron chi connectivity index (χ4n) is 4.68. The maximum absolute atomic E-state index is 13.7. The number of nitrogens with zero attached hydrogens (tertiary/aromatic N) is 3. The van der Waals surface area contributed by atoms with Gasteiger partial charge in [0.2, 0.25) is 0 Å². The Hall–Kier alpha value is -2.28. The number of nitrogens with two attached hydrogens (primary N) is 1. The van der Waals surface area contributed by atoms with E-state index in [4.69, 9.17) is 28.9 Å². The van der Waals surface area contributed by atoms with Gasteiger partial charge in [-0.15, -0.1) is 0 Å². The Morgan fingerprint density at radius 1 is 1.29 bits per heavy atom. The summed E-state index contributed by atoms with van der Waals surface area (Å²) >= 11 is 12.8. The van der Waals surface area contributed by atoms with Gasteiger partial charge in [0.1, 0.15) is 12.6 Å². The van der Waals surface area contributed by atoms with Gasteiger partial charge in [-0.3, -0.25) is 0 Å². The van der Waals surface area contributed by atoms with Crippen molar-refractivity contribution in [2.75, 3.05) is 14.1 Å². The van der Waals surface area contributed by atoms with E-state index in [0.717, 1.165) is 19.3 Å². The normalized spacial score (nSPS) is 27.5. The van der Waals surface area contributed by atoms with E-state index in [1.807, 2.05) is 6.20 Å². The number of carbonyl (C=O) groups excluding carboxylic acids is 2. The standard InChI is InChI=1S/C23H26Cl2N4O2/c1-23(2)11-10-14-7-6-12-28(17(14)13-23)20-18(15-8-5-9-16(24)19(15)25)21(30)29(4,22(26)31)27(20)3/h5-6,8-10,12,17H,7,11,13H2,1-4H3,(H-,26,31)/p+1. The molecule has 0 saturated heterocycles. The molecule has 1 aromatic carbocycles. The van der Waals surface area contributed by atoms with Gasteiger partial charge in [-0.2, -0.15) is 5.01 Å². The summed E-state index contributed by atoms with van der Waals surface area (Å²) in [7, 11) is 3.22. The van der Waals surface area contributed by atoms with E-state index in [1.165, 1.54) is 12.6 Å². The molecule has 31 heavy (non-hydrogen) atoms. The minimum absolute atomic E-state index is 0.0754. The number of carbonyl (C=O) groups is 2. The molecule has 2 aliphatic heterocycles. The number of hydrogen-bond donors (Lipinski definition) is 1. The van der Waals surface area contributed by atoms with Crippen LogP contribution in [0.4, 0.5) is 4.79 Å². The van der Waals surface area contributed by atoms with Crippen molar-refractivity contribution in [3.8, 4) is 0 Å². The highest BCUT2D eigenvalue weighted by atomic mass is 35.5. The van der Waals surface area contributed by atoms with Crippen molar-refractivity contribution in [3.05, 3.63) is 63.6 Å². The van der Waals surface area contributed by atoms with Crippen molar-refractivity contribution < 1.29 is 14.2 Å². The summed E-state index contributed by atoms with van der Waals surface area (Å²) in [5.74, 6) is 0.161. The molecule has 4 rings (SSSR count). The van der Waals surface area contributed by atoms with Crippen LogP contribution in [0.3, 0.4) is 0 Å². The zero-order valence-electron chi connectivity index (χ0n) is 18.2. The maximum atomic E-state index is 13.7. The molecule has 2 heterocycles. The Balaban J connectivity index is 1.96. The first kappa shape index (κ1) is 21.9. The molecule has 0 saturated carbocycles. The van der Waals surface area contributed by atoms with Gasteiger partial charge >= 0.3 is 11.9 Å². The molecule has 164 valence electrons. The average Bonchev–Trinajstić information content (AvgIpc) is 2.91. The summed E-state index contributed by atoms with van der Waals surface area (Å²) in [5, 5.41) is 2.25. The number of primary amides is 1. The van der Waals surface area contributed by atoms with Crippen molar-refractivity contribution in [2.24, 2.45) is 11.1 Å². The fraction of sp³-hybridized carbons (Fsp3) is 0.391. The van der Waals surface area contributed by atoms with Crippen molar-refractivity contribution in [2.45, 2.75) is 39.2 Å². The topological polar surface area (TPSA) is 66.6 Å². The lowest BCUT2D eigenvalue weighted by Crippen LogP contribution is -2.62. The summed E-state index contributed by atoms with van der Waals surface area (Å²) in [6.07, 6.45) is 9.18. The smallest absolute Gasteiger partial charge is 0.323 e. The molecular formula is C23H27Cl2N4O2+. The number of rotatable bonds is 2. The largest absolute Gasteiger partial charge is 0.446 e. The number of halogens is 2. The minimum atomic E-state index is -0.765. The van der Waals surface area contributed by atoms with Gasteiger partial charge in [0.15, 0.2) is 5.82 Å². The number of allylic oxidation sites excluding steroid dienone is 2. The molecule has 8 heteroatoms. The van der Waals surface area contributed by atoms with E-state index in [0.29, 0.717) is 22.0 Å². The van der Waals surface area contributed by atoms with E-state index in [9.17, 15) is 9.59 Å². The van der Waals surface area contributed by atoms with E-state index in [-0.39, 0.29) is 16.5 Å². The molecular weight excluding hydrogens is 435 g/mol. The van der Waals surface area contributed by atoms with Crippen LogP contribution < -0.4 is 5.73 Å². The van der Waals surface area contributed by atoms with Crippen LogP contribution in [0, 0.1) is 5.41 Å². The zero-order chi connectivity index (χ0) is 22.7. The highest BCUT2D eigenvalue weighted by Crippen LogP contribution is 2.46. The van der Waals surface area contributed by atoms with E-state index in [2.05, 4.69) is 30.9 Å². The van der Waals surface area contributed by atoms with Crippen LogP contribution in [0.1, 0.15) is 38.7 Å². The molecule has 0 spiro atoms. The molecule has 2 unspecified atom stereocenters. The molecule has 0 radical (unpaired) electrons. The number of likely N-dealkylation sites (N-methyl/N-ethyl adjacent to an activating group) is 1. The lowest BCUT2D eigenvalue weighted by Gasteiger charge is -2.45. The van der Waals surface area contributed by atoms with E-state index < -0.39 is 16.5 Å². The van der Waals surface area contributed by atoms with Crippen LogP contribution in [0.5, 0.6) is 0 Å². The average molecular weight is 462 g/mol. The van der Waals surface area contributed by atoms with Crippen molar-refractivity contribution in [3.63, 3.8) is 0 Å². The van der Waals surface area contributed by atoms with Crippen LogP contribution >= 0.6 is 23.2 Å². The molecule has 2 atom stereocenters. The third-order valence-electron chi connectivity index (χ3n) is 6.68. The number of imide groups is 1. The summed E-state index contributed by atoms with van der Waals surface area (Å²) in [6, 6.07) is 4.48. The summed E-state index contributed by atoms with van der Waals surface area (Å²) in [4.78, 5) is 28.3. The Morgan fingerprint density at radius 2 is 2.00 bits per heavy atom. The van der Waals surface area contributed by atoms with Crippen molar-refractivity contribution >= 4 is 40.7 Å². The number of quaternary nitrogens is 1. The molecule has 3 aliphatic rings. The van der Waals surface area contributed by atoms with Gasteiger partial charge < -0.3 is 10.6 Å². The fourth-order valence-corrected chi connectivity index (χ4v) is 5.07. The monoisotopic (exact) mass is 461 g/mol. The molecule has 1 aliphatic carbocycles. The molecule has 3 amide bonds. The SMILES string of the molecule is CN1C(N2C=CCC3=CCC(C)(C)CC32)=C(c2cccc(Cl)c2Cl)C(=O)[N+]1(C)C(N)=O. The van der Waals surface area contributed by atoms with Gasteiger partial charge in [-0.1, -0.05) is 65.9 Å². The summed E-state index contributed by atoms with van der Waals surface area (Å²) in [6.45, 7) is 4.49. The molecule has 1 aromatic rings. The zero-order valence-corrected chi connectivity index (χ0v) is 19.7. The third-order valence-corrected chi connectivity index (χ3v) is 7.50. The first-order chi connectivity index (χ1) is 14.5. The minimum Gasteiger partial charge on any atom is -0.323 e. The number of amides is 3. The van der Waals surface area contributed by atoms with Crippen LogP contribution in [0.15, 0.2) is 47.9 Å². The van der Waals surface area contributed by atoms with E-state index >= 15 is 0 Å². The van der Waals surface area contributed by atoms with Crippen LogP contribution in [0.2, 0.25) is 10.0 Å². The Labute approximate surface area is 192 Å². The molecule has 0 fully saturated rings. The second kappa shape index (κ2) is 7.40. The molecule has 2 N–H and O–H groups in total. The highest BCUT2D eigenvalue weighted by Gasteiger charge is 2.57. The first-order valence-corrected chi connectivity index (χ1v) is 11.0. The second-order valence-corrected chi connectivity index (χ2v) is 10.1. The van der Waals surface area contributed by atoms with E-state index in [1.54, 1.807) is 30.3 Å². The number of fused-ring (bicyclic) bond motifs is 1. The van der Waals surface area contributed by atoms with Gasteiger partial charge in [-0.05, 0) is 36.3 Å². The molecule has 6 nitrogen and oxygen atoms in total. The van der Waals surface area contributed by atoms with Crippen LogP contribution in [-0.4, -0.2) is 46.6 Å². The lowest BCUT2D eigenvalue weighted by atomic mass is 9.74. The number of urea groups is 1. The first-order valence-electron chi connectivity index (χ1n) is 10.3. The van der Waals surface area contributed by atoms with Gasteiger partial charge in [0.25, 0.3) is 0 Å². The number of hydrogen-bond acceptors (Lipinski definition) is 4. The van der Waals surface area contributed by atoms with Gasteiger partial charge in [0, 0.05) is 11.8 Å².